The molecule has 0 amide bonds. The lowest BCUT2D eigenvalue weighted by Crippen LogP contribution is -2.27. The maximum absolute atomic E-state index is 8.29. The Hall–Kier alpha value is -1.17. The van der Waals surface area contributed by atoms with E-state index in [1.165, 1.54) is 0 Å². The molecule has 0 saturated carbocycles. The highest BCUT2D eigenvalue weighted by atomic mass is 15.1. The maximum atomic E-state index is 8.29. The first-order valence-electron chi connectivity index (χ1n) is 2.50. The minimum Gasteiger partial charge on any atom is -0.388 e. The second-order valence-electron chi connectivity index (χ2n) is 1.56. The predicted octanol–water partition coefficient (Wildman–Crippen LogP) is -0.156. The Morgan fingerprint density at radius 2 is 2.62 bits per heavy atom. The van der Waals surface area contributed by atoms with E-state index in [0.717, 1.165) is 13.1 Å². The molecule has 0 atom stereocenters. The lowest BCUT2D eigenvalue weighted by atomic mass is 10.5. The first-order chi connectivity index (χ1) is 3.93. The van der Waals surface area contributed by atoms with Gasteiger partial charge in [0.05, 0.1) is 6.54 Å². The van der Waals surface area contributed by atoms with E-state index in [0.29, 0.717) is 0 Å². The van der Waals surface area contributed by atoms with Crippen LogP contribution in [0.25, 0.3) is 0 Å². The molecule has 0 spiro atoms. The molecule has 3 heteroatoms. The smallest absolute Gasteiger partial charge is 0.183 e. The third-order valence-electron chi connectivity index (χ3n) is 0.998. The first kappa shape index (κ1) is 4.98. The van der Waals surface area contributed by atoms with Crippen molar-refractivity contribution in [2.24, 2.45) is 0 Å². The van der Waals surface area contributed by atoms with Crippen molar-refractivity contribution in [1.82, 2.24) is 10.2 Å². The SMILES string of the molecule is N#CN1C=CNCC1. The molecular formula is C5H7N3. The zero-order valence-electron chi connectivity index (χ0n) is 4.46. The van der Waals surface area contributed by atoms with Gasteiger partial charge in [0.2, 0.25) is 0 Å². The molecule has 0 aliphatic carbocycles. The molecule has 3 nitrogen and oxygen atoms in total. The van der Waals surface area contributed by atoms with Crippen molar-refractivity contribution in [2.45, 2.75) is 0 Å². The number of nitrogens with zero attached hydrogens (tertiary/aromatic N) is 2. The third-order valence-corrected chi connectivity index (χ3v) is 0.998. The molecule has 0 saturated heterocycles. The van der Waals surface area contributed by atoms with E-state index in [4.69, 9.17) is 5.26 Å². The van der Waals surface area contributed by atoms with Crippen LogP contribution in [0.3, 0.4) is 0 Å². The lowest BCUT2D eigenvalue weighted by Gasteiger charge is -2.14. The van der Waals surface area contributed by atoms with Crippen LogP contribution in [0.5, 0.6) is 0 Å². The van der Waals surface area contributed by atoms with Crippen molar-refractivity contribution in [3.63, 3.8) is 0 Å². The Morgan fingerprint density at radius 1 is 1.75 bits per heavy atom. The van der Waals surface area contributed by atoms with Crippen molar-refractivity contribution < 1.29 is 0 Å². The van der Waals surface area contributed by atoms with Gasteiger partial charge in [-0.25, -0.2) is 0 Å². The van der Waals surface area contributed by atoms with Gasteiger partial charge in [-0.3, -0.25) is 4.90 Å². The normalized spacial score (nSPS) is 17.1. The number of nitrogens with one attached hydrogen (secondary N) is 1. The summed E-state index contributed by atoms with van der Waals surface area (Å²) in [6.45, 7) is 1.65. The van der Waals surface area contributed by atoms with Crippen LogP contribution in [0.2, 0.25) is 0 Å². The number of nitriles is 1. The highest BCUT2D eigenvalue weighted by Gasteiger charge is 1.97. The van der Waals surface area contributed by atoms with E-state index in [9.17, 15) is 0 Å². The van der Waals surface area contributed by atoms with E-state index >= 15 is 0 Å². The molecule has 0 radical (unpaired) electrons. The summed E-state index contributed by atoms with van der Waals surface area (Å²) in [5, 5.41) is 11.3. The Labute approximate surface area is 48.2 Å². The average Bonchev–Trinajstić information content (AvgIpc) is 1.90. The van der Waals surface area contributed by atoms with E-state index in [1.807, 2.05) is 6.19 Å². The van der Waals surface area contributed by atoms with E-state index in [-0.39, 0.29) is 0 Å². The molecule has 0 bridgehead atoms. The zero-order valence-corrected chi connectivity index (χ0v) is 4.46. The van der Waals surface area contributed by atoms with Gasteiger partial charge in [-0.1, -0.05) is 0 Å². The van der Waals surface area contributed by atoms with E-state index in [2.05, 4.69) is 5.32 Å². The molecule has 1 aliphatic rings. The summed E-state index contributed by atoms with van der Waals surface area (Å²) in [4.78, 5) is 1.58. The molecule has 1 heterocycles. The zero-order chi connectivity index (χ0) is 5.82. The van der Waals surface area contributed by atoms with Crippen LogP contribution in [0.15, 0.2) is 12.4 Å². The van der Waals surface area contributed by atoms with Crippen LogP contribution in [-0.4, -0.2) is 18.0 Å². The summed E-state index contributed by atoms with van der Waals surface area (Å²) in [5.41, 5.74) is 0. The van der Waals surface area contributed by atoms with E-state index in [1.54, 1.807) is 17.3 Å². The topological polar surface area (TPSA) is 39.1 Å². The van der Waals surface area contributed by atoms with Crippen LogP contribution in [0.4, 0.5) is 0 Å². The summed E-state index contributed by atoms with van der Waals surface area (Å²) >= 11 is 0. The molecule has 1 aliphatic heterocycles. The molecule has 42 valence electrons. The minimum atomic E-state index is 0.785. The van der Waals surface area contributed by atoms with Crippen molar-refractivity contribution in [1.29, 1.82) is 5.26 Å². The van der Waals surface area contributed by atoms with Gasteiger partial charge < -0.3 is 5.32 Å². The average molecular weight is 109 g/mol. The van der Waals surface area contributed by atoms with Gasteiger partial charge >= 0.3 is 0 Å². The highest BCUT2D eigenvalue weighted by Crippen LogP contribution is 1.88. The monoisotopic (exact) mass is 109 g/mol. The molecule has 1 rings (SSSR count). The van der Waals surface area contributed by atoms with Crippen molar-refractivity contribution in [2.75, 3.05) is 13.1 Å². The largest absolute Gasteiger partial charge is 0.388 e. The number of hydrogen-bond donors (Lipinski definition) is 1. The standard InChI is InChI=1S/C5H7N3/c6-5-8-3-1-7-2-4-8/h1,3,7H,2,4H2. The Morgan fingerprint density at radius 3 is 3.00 bits per heavy atom. The lowest BCUT2D eigenvalue weighted by molar-refractivity contribution is 0.489. The molecule has 8 heavy (non-hydrogen) atoms. The van der Waals surface area contributed by atoms with Gasteiger partial charge in [0.25, 0.3) is 0 Å². The Bertz CT molecular complexity index is 133. The fourth-order valence-electron chi connectivity index (χ4n) is 0.569. The van der Waals surface area contributed by atoms with Gasteiger partial charge in [0, 0.05) is 18.9 Å². The quantitative estimate of drug-likeness (QED) is 0.439. The molecule has 0 unspecified atom stereocenters. The van der Waals surface area contributed by atoms with Crippen LogP contribution in [0.1, 0.15) is 0 Å². The van der Waals surface area contributed by atoms with Gasteiger partial charge in [0.15, 0.2) is 6.19 Å². The molecule has 0 aromatic rings. The molecule has 0 aromatic heterocycles. The first-order valence-corrected chi connectivity index (χ1v) is 2.50. The van der Waals surface area contributed by atoms with E-state index < -0.39 is 0 Å². The predicted molar refractivity (Wildman–Crippen MR) is 29.5 cm³/mol. The molecule has 1 N–H and O–H groups in total. The summed E-state index contributed by atoms with van der Waals surface area (Å²) < 4.78 is 0. The van der Waals surface area contributed by atoms with Crippen molar-refractivity contribution in [3.8, 4) is 6.19 Å². The fraction of sp³-hybridized carbons (Fsp3) is 0.400. The minimum absolute atomic E-state index is 0.785. The molecule has 0 aromatic carbocycles. The van der Waals surface area contributed by atoms with Crippen molar-refractivity contribution >= 4 is 0 Å². The van der Waals surface area contributed by atoms with Crippen LogP contribution in [0, 0.1) is 11.5 Å². The van der Waals surface area contributed by atoms with Gasteiger partial charge in [-0.2, -0.15) is 5.26 Å². The maximum Gasteiger partial charge on any atom is 0.183 e. The fourth-order valence-corrected chi connectivity index (χ4v) is 0.569. The number of rotatable bonds is 0. The van der Waals surface area contributed by atoms with Crippen LogP contribution < -0.4 is 5.32 Å². The highest BCUT2D eigenvalue weighted by molar-refractivity contribution is 4.92. The Balaban J connectivity index is 2.46. The van der Waals surface area contributed by atoms with Gasteiger partial charge in [-0.15, -0.1) is 0 Å². The van der Waals surface area contributed by atoms with Gasteiger partial charge in [0.1, 0.15) is 0 Å². The van der Waals surface area contributed by atoms with Crippen LogP contribution in [-0.2, 0) is 0 Å². The second kappa shape index (κ2) is 2.22. The van der Waals surface area contributed by atoms with Gasteiger partial charge in [-0.05, 0) is 0 Å². The molecule has 0 fully saturated rings. The summed E-state index contributed by atoms with van der Waals surface area (Å²) in [6.07, 6.45) is 5.51. The van der Waals surface area contributed by atoms with Crippen molar-refractivity contribution in [3.05, 3.63) is 12.4 Å². The summed E-state index contributed by atoms with van der Waals surface area (Å²) in [5.74, 6) is 0. The third kappa shape index (κ3) is 0.909. The summed E-state index contributed by atoms with van der Waals surface area (Å²) in [7, 11) is 0. The molecular weight excluding hydrogens is 102 g/mol. The number of hydrogen-bond acceptors (Lipinski definition) is 3. The summed E-state index contributed by atoms with van der Waals surface area (Å²) in [6, 6.07) is 0. The Kier molecular flexibility index (Phi) is 1.38. The van der Waals surface area contributed by atoms with Crippen LogP contribution >= 0.6 is 0 Å². The second-order valence-corrected chi connectivity index (χ2v) is 1.56.